The van der Waals surface area contributed by atoms with E-state index >= 15 is 0 Å². The van der Waals surface area contributed by atoms with Gasteiger partial charge < -0.3 is 20.0 Å². The molecule has 0 aromatic carbocycles. The Hall–Kier alpha value is -2.52. The number of likely N-dealkylation sites (tertiary alicyclic amines) is 1. The minimum absolute atomic E-state index is 0.568. The number of nitriles is 1. The van der Waals surface area contributed by atoms with Gasteiger partial charge in [0.25, 0.3) is 0 Å². The van der Waals surface area contributed by atoms with Gasteiger partial charge in [0, 0.05) is 33.2 Å². The molecule has 0 amide bonds. The lowest BCUT2D eigenvalue weighted by Gasteiger charge is -2.49. The number of likely N-dealkylation sites (N-methyl/N-ethyl adjacent to an activating group) is 2. The Morgan fingerprint density at radius 2 is 1.90 bits per heavy atom. The Labute approximate surface area is 174 Å². The topological polar surface area (TPSA) is 58.4 Å². The van der Waals surface area contributed by atoms with E-state index in [-0.39, 0.29) is 0 Å². The number of pyridine rings is 1. The molecule has 0 bridgehead atoms. The van der Waals surface area contributed by atoms with E-state index in [1.54, 1.807) is 0 Å². The van der Waals surface area contributed by atoms with Crippen LogP contribution in [0.25, 0.3) is 5.70 Å². The molecule has 3 heterocycles. The van der Waals surface area contributed by atoms with E-state index in [4.69, 9.17) is 4.98 Å². The molecule has 1 spiro atoms. The van der Waals surface area contributed by atoms with Crippen molar-refractivity contribution >= 4 is 17.2 Å². The summed E-state index contributed by atoms with van der Waals surface area (Å²) in [6, 6.07) is 6.51. The van der Waals surface area contributed by atoms with Crippen molar-refractivity contribution in [2.24, 2.45) is 5.41 Å². The van der Waals surface area contributed by atoms with Crippen LogP contribution in [0.15, 0.2) is 30.0 Å². The zero-order chi connectivity index (χ0) is 20.6. The first-order chi connectivity index (χ1) is 13.9. The van der Waals surface area contributed by atoms with E-state index in [1.807, 2.05) is 6.07 Å². The summed E-state index contributed by atoms with van der Waals surface area (Å²) in [7, 11) is 6.23. The molecule has 0 unspecified atom stereocenters. The molecule has 1 saturated heterocycles. The quantitative estimate of drug-likeness (QED) is 0.827. The highest BCUT2D eigenvalue weighted by atomic mass is 15.2. The molecular formula is C23H32N6. The van der Waals surface area contributed by atoms with Crippen molar-refractivity contribution in [1.82, 2.24) is 14.8 Å². The molecule has 1 saturated carbocycles. The average Bonchev–Trinajstić information content (AvgIpc) is 2.69. The number of anilines is 2. The van der Waals surface area contributed by atoms with Gasteiger partial charge in [-0.05, 0) is 57.3 Å². The molecule has 2 fully saturated rings. The number of fused-ring (bicyclic) bond motifs is 1. The van der Waals surface area contributed by atoms with Gasteiger partial charge in [0.05, 0.1) is 17.1 Å². The van der Waals surface area contributed by atoms with Crippen LogP contribution in [0.5, 0.6) is 0 Å². The lowest BCUT2D eigenvalue weighted by Crippen LogP contribution is -2.43. The molecule has 1 aliphatic carbocycles. The minimum Gasteiger partial charge on any atom is -0.369 e. The fourth-order valence-electron chi connectivity index (χ4n) is 4.70. The van der Waals surface area contributed by atoms with Gasteiger partial charge >= 0.3 is 0 Å². The summed E-state index contributed by atoms with van der Waals surface area (Å²) in [5.41, 5.74) is 4.66. The van der Waals surface area contributed by atoms with Gasteiger partial charge in [0.15, 0.2) is 0 Å². The highest BCUT2D eigenvalue weighted by Gasteiger charge is 2.41. The highest BCUT2D eigenvalue weighted by Crippen LogP contribution is 2.50. The summed E-state index contributed by atoms with van der Waals surface area (Å²) >= 11 is 0. The van der Waals surface area contributed by atoms with Crippen molar-refractivity contribution in [2.45, 2.75) is 32.1 Å². The second-order valence-electron chi connectivity index (χ2n) is 9.07. The van der Waals surface area contributed by atoms with Crippen molar-refractivity contribution in [3.8, 4) is 6.07 Å². The number of allylic oxidation sites excluding steroid dienone is 1. The van der Waals surface area contributed by atoms with Crippen molar-refractivity contribution in [2.75, 3.05) is 57.5 Å². The van der Waals surface area contributed by atoms with Crippen LogP contribution in [0.3, 0.4) is 0 Å². The predicted molar refractivity (Wildman–Crippen MR) is 118 cm³/mol. The number of aromatic nitrogens is 1. The van der Waals surface area contributed by atoms with E-state index in [0.29, 0.717) is 16.7 Å². The van der Waals surface area contributed by atoms with Crippen LogP contribution in [-0.4, -0.2) is 62.1 Å². The smallest absolute Gasteiger partial charge is 0.129 e. The Morgan fingerprint density at radius 1 is 1.17 bits per heavy atom. The molecule has 154 valence electrons. The summed E-state index contributed by atoms with van der Waals surface area (Å²) in [6.45, 7) is 7.96. The van der Waals surface area contributed by atoms with E-state index in [9.17, 15) is 5.26 Å². The fraction of sp³-hybridized carbons (Fsp3) is 0.565. The van der Waals surface area contributed by atoms with E-state index in [0.717, 1.165) is 49.1 Å². The number of nitrogens with zero attached hydrogens (tertiary/aromatic N) is 5. The third-order valence-electron chi connectivity index (χ3n) is 6.87. The van der Waals surface area contributed by atoms with Crippen LogP contribution < -0.4 is 10.2 Å². The summed E-state index contributed by atoms with van der Waals surface area (Å²) in [6.07, 6.45) is 6.55. The largest absolute Gasteiger partial charge is 0.369 e. The maximum atomic E-state index is 9.89. The maximum absolute atomic E-state index is 9.89. The van der Waals surface area contributed by atoms with Gasteiger partial charge in [0.1, 0.15) is 23.2 Å². The van der Waals surface area contributed by atoms with Crippen LogP contribution in [0.4, 0.5) is 11.5 Å². The van der Waals surface area contributed by atoms with Crippen LogP contribution in [0, 0.1) is 16.7 Å². The van der Waals surface area contributed by atoms with Crippen molar-refractivity contribution in [1.29, 1.82) is 5.26 Å². The van der Waals surface area contributed by atoms with E-state index in [2.05, 4.69) is 59.9 Å². The van der Waals surface area contributed by atoms with Crippen molar-refractivity contribution in [3.63, 3.8) is 0 Å². The van der Waals surface area contributed by atoms with Crippen LogP contribution in [0.1, 0.15) is 37.8 Å². The first kappa shape index (κ1) is 19.8. The summed E-state index contributed by atoms with van der Waals surface area (Å²) < 4.78 is 0. The number of nitrogens with one attached hydrogen (secondary N) is 1. The molecule has 3 aliphatic rings. The zero-order valence-corrected chi connectivity index (χ0v) is 18.0. The molecule has 4 rings (SSSR count). The monoisotopic (exact) mass is 392 g/mol. The molecule has 29 heavy (non-hydrogen) atoms. The average molecular weight is 393 g/mol. The molecular weight excluding hydrogens is 360 g/mol. The fourth-order valence-corrected chi connectivity index (χ4v) is 4.70. The first-order valence-electron chi connectivity index (χ1n) is 10.7. The summed E-state index contributed by atoms with van der Waals surface area (Å²) in [5, 5.41) is 13.2. The predicted octanol–water partition coefficient (Wildman–Crippen LogP) is 3.52. The molecule has 2 aliphatic heterocycles. The molecule has 6 heteroatoms. The lowest BCUT2D eigenvalue weighted by atomic mass is 9.63. The molecule has 0 atom stereocenters. The standard InChI is InChI=1S/C23H32N6/c1-17-18(16-24)22(29-12-10-23(11-13-29)8-5-9-23)21-19(25-17)6-7-20(26-21)28(4)15-14-27(2)3/h6-7,25H,1,5,8-15H2,2-4H3. The van der Waals surface area contributed by atoms with Crippen LogP contribution >= 0.6 is 0 Å². The first-order valence-corrected chi connectivity index (χ1v) is 10.7. The molecule has 6 nitrogen and oxygen atoms in total. The van der Waals surface area contributed by atoms with Crippen LogP contribution in [0.2, 0.25) is 0 Å². The van der Waals surface area contributed by atoms with Gasteiger partial charge in [-0.1, -0.05) is 13.0 Å². The normalized spacial score (nSPS) is 20.2. The molecule has 1 aromatic heterocycles. The minimum atomic E-state index is 0.568. The van der Waals surface area contributed by atoms with Gasteiger partial charge in [-0.15, -0.1) is 0 Å². The van der Waals surface area contributed by atoms with Gasteiger partial charge in [-0.25, -0.2) is 4.98 Å². The second-order valence-corrected chi connectivity index (χ2v) is 9.07. The van der Waals surface area contributed by atoms with E-state index < -0.39 is 0 Å². The zero-order valence-electron chi connectivity index (χ0n) is 18.0. The van der Waals surface area contributed by atoms with Gasteiger partial charge in [-0.3, -0.25) is 0 Å². The Kier molecular flexibility index (Phi) is 5.26. The Bertz CT molecular complexity index is 864. The van der Waals surface area contributed by atoms with Crippen molar-refractivity contribution < 1.29 is 0 Å². The molecule has 1 N–H and O–H groups in total. The second kappa shape index (κ2) is 7.72. The SMILES string of the molecule is C=C1Nc2ccc(N(C)CCN(C)C)nc2C(N2CCC3(CCC3)CC2)=C1C#N. The summed E-state index contributed by atoms with van der Waals surface area (Å²) in [5.74, 6) is 0.933. The van der Waals surface area contributed by atoms with E-state index in [1.165, 1.54) is 32.1 Å². The van der Waals surface area contributed by atoms with Gasteiger partial charge in [0.2, 0.25) is 0 Å². The lowest BCUT2D eigenvalue weighted by molar-refractivity contribution is 0.0537. The van der Waals surface area contributed by atoms with Gasteiger partial charge in [-0.2, -0.15) is 5.26 Å². The number of hydrogen-bond donors (Lipinski definition) is 1. The highest BCUT2D eigenvalue weighted by molar-refractivity contribution is 5.86. The third-order valence-corrected chi connectivity index (χ3v) is 6.87. The summed E-state index contributed by atoms with van der Waals surface area (Å²) in [4.78, 5) is 11.7. The maximum Gasteiger partial charge on any atom is 0.129 e. The number of rotatable bonds is 5. The Balaban J connectivity index is 1.65. The number of hydrogen-bond acceptors (Lipinski definition) is 6. The molecule has 1 aromatic rings. The van der Waals surface area contributed by atoms with Crippen LogP contribution in [-0.2, 0) is 0 Å². The molecule has 0 radical (unpaired) electrons. The Morgan fingerprint density at radius 3 is 2.48 bits per heavy atom. The van der Waals surface area contributed by atoms with Crippen molar-refractivity contribution in [3.05, 3.63) is 35.7 Å². The number of piperidine rings is 1. The third kappa shape index (κ3) is 3.72.